The summed E-state index contributed by atoms with van der Waals surface area (Å²) in [7, 11) is 0. The van der Waals surface area contributed by atoms with Crippen LogP contribution in [0.1, 0.15) is 17.0 Å². The molecule has 0 aliphatic heterocycles. The Hall–Kier alpha value is -2.60. The second-order valence-electron chi connectivity index (χ2n) is 5.92. The number of carbonyl (C=O) groups excluding carboxylic acids is 1. The van der Waals surface area contributed by atoms with Gasteiger partial charge in [0.2, 0.25) is 0 Å². The number of aryl methyl sites for hydroxylation is 1. The Labute approximate surface area is 161 Å². The van der Waals surface area contributed by atoms with Crippen molar-refractivity contribution >= 4 is 21.8 Å². The first-order valence-corrected chi connectivity index (χ1v) is 9.09. The molecule has 134 valence electrons. The van der Waals surface area contributed by atoms with Crippen LogP contribution >= 0.6 is 15.9 Å². The van der Waals surface area contributed by atoms with Crippen molar-refractivity contribution in [2.75, 3.05) is 6.61 Å². The smallest absolute Gasteiger partial charge is 0.258 e. The molecule has 0 aliphatic rings. The molecule has 1 amide bonds. The fourth-order valence-corrected chi connectivity index (χ4v) is 2.93. The Balaban J connectivity index is 1.60. The zero-order valence-corrected chi connectivity index (χ0v) is 16.3. The highest BCUT2D eigenvalue weighted by molar-refractivity contribution is 9.10. The number of hydrogen-bond donors (Lipinski definition) is 1. The molecule has 0 unspecified atom stereocenters. The molecule has 0 spiro atoms. The molecule has 3 aromatic rings. The van der Waals surface area contributed by atoms with E-state index in [1.54, 1.807) is 0 Å². The summed E-state index contributed by atoms with van der Waals surface area (Å²) in [4.78, 5) is 12.1. The maximum atomic E-state index is 12.1. The third-order valence-corrected chi connectivity index (χ3v) is 4.62. The van der Waals surface area contributed by atoms with Crippen LogP contribution in [0.15, 0.2) is 59.1 Å². The normalized spacial score (nSPS) is 10.6. The van der Waals surface area contributed by atoms with Gasteiger partial charge in [-0.2, -0.15) is 5.10 Å². The van der Waals surface area contributed by atoms with Gasteiger partial charge in [0.1, 0.15) is 5.75 Å². The summed E-state index contributed by atoms with van der Waals surface area (Å²) >= 11 is 3.37. The van der Waals surface area contributed by atoms with Crippen molar-refractivity contribution in [1.29, 1.82) is 0 Å². The molecule has 5 nitrogen and oxygen atoms in total. The minimum Gasteiger partial charge on any atom is -0.484 e. The zero-order chi connectivity index (χ0) is 18.5. The number of rotatable bonds is 6. The highest BCUT2D eigenvalue weighted by Gasteiger charge is 2.13. The van der Waals surface area contributed by atoms with Crippen LogP contribution in [0.25, 0.3) is 5.69 Å². The molecular formula is C20H20BrN3O2. The average Bonchev–Trinajstić information content (AvgIpc) is 2.94. The van der Waals surface area contributed by atoms with Crippen LogP contribution in [0.4, 0.5) is 0 Å². The molecule has 26 heavy (non-hydrogen) atoms. The van der Waals surface area contributed by atoms with Crippen LogP contribution in [0.5, 0.6) is 5.75 Å². The van der Waals surface area contributed by atoms with Crippen LogP contribution in [0, 0.1) is 13.8 Å². The Morgan fingerprint density at radius 2 is 1.81 bits per heavy atom. The van der Waals surface area contributed by atoms with E-state index in [4.69, 9.17) is 4.74 Å². The van der Waals surface area contributed by atoms with Gasteiger partial charge in [-0.1, -0.05) is 34.1 Å². The predicted molar refractivity (Wildman–Crippen MR) is 105 cm³/mol. The van der Waals surface area contributed by atoms with Crippen molar-refractivity contribution in [2.24, 2.45) is 0 Å². The van der Waals surface area contributed by atoms with E-state index in [0.29, 0.717) is 12.3 Å². The van der Waals surface area contributed by atoms with Crippen molar-refractivity contribution in [3.05, 3.63) is 76.0 Å². The number of ether oxygens (including phenoxy) is 1. The first-order chi connectivity index (χ1) is 12.5. The molecule has 0 saturated heterocycles. The largest absolute Gasteiger partial charge is 0.484 e. The van der Waals surface area contributed by atoms with Crippen LogP contribution < -0.4 is 10.1 Å². The maximum absolute atomic E-state index is 12.1. The molecule has 3 rings (SSSR count). The van der Waals surface area contributed by atoms with E-state index in [-0.39, 0.29) is 12.5 Å². The van der Waals surface area contributed by atoms with E-state index in [0.717, 1.165) is 27.1 Å². The van der Waals surface area contributed by atoms with Crippen LogP contribution in [-0.4, -0.2) is 22.3 Å². The highest BCUT2D eigenvalue weighted by Crippen LogP contribution is 2.18. The summed E-state index contributed by atoms with van der Waals surface area (Å²) in [6.07, 6.45) is 0. The van der Waals surface area contributed by atoms with E-state index >= 15 is 0 Å². The van der Waals surface area contributed by atoms with Gasteiger partial charge in [-0.3, -0.25) is 4.79 Å². The number of amides is 1. The monoisotopic (exact) mass is 413 g/mol. The zero-order valence-electron chi connectivity index (χ0n) is 14.7. The topological polar surface area (TPSA) is 56.2 Å². The Morgan fingerprint density at radius 1 is 1.12 bits per heavy atom. The Morgan fingerprint density at radius 3 is 2.50 bits per heavy atom. The lowest BCUT2D eigenvalue weighted by Gasteiger charge is -2.08. The molecule has 0 atom stereocenters. The van der Waals surface area contributed by atoms with Crippen molar-refractivity contribution in [1.82, 2.24) is 15.1 Å². The summed E-state index contributed by atoms with van der Waals surface area (Å²) in [5, 5.41) is 7.49. The molecule has 1 aromatic heterocycles. The number of nitrogens with one attached hydrogen (secondary N) is 1. The van der Waals surface area contributed by atoms with Crippen LogP contribution in [-0.2, 0) is 11.3 Å². The lowest BCUT2D eigenvalue weighted by molar-refractivity contribution is -0.123. The number of benzene rings is 2. The third kappa shape index (κ3) is 4.32. The SMILES string of the molecule is Cc1nn(-c2ccccc2)c(C)c1CNC(=O)COc1ccc(Br)cc1. The molecule has 0 fully saturated rings. The van der Waals surface area contributed by atoms with Gasteiger partial charge in [-0.15, -0.1) is 0 Å². The van der Waals surface area contributed by atoms with Crippen molar-refractivity contribution in [2.45, 2.75) is 20.4 Å². The standard InChI is InChI=1S/C20H20BrN3O2/c1-14-19(15(2)24(23-14)17-6-4-3-5-7-17)12-22-20(25)13-26-18-10-8-16(21)9-11-18/h3-11H,12-13H2,1-2H3,(H,22,25). The highest BCUT2D eigenvalue weighted by atomic mass is 79.9. The van der Waals surface area contributed by atoms with Gasteiger partial charge in [0, 0.05) is 22.3 Å². The number of para-hydroxylation sites is 1. The molecule has 1 heterocycles. The minimum absolute atomic E-state index is 0.0213. The quantitative estimate of drug-likeness (QED) is 0.665. The number of halogens is 1. The number of carbonyl (C=O) groups is 1. The fourth-order valence-electron chi connectivity index (χ4n) is 2.67. The minimum atomic E-state index is -0.167. The van der Waals surface area contributed by atoms with E-state index in [1.807, 2.05) is 73.1 Å². The second-order valence-corrected chi connectivity index (χ2v) is 6.83. The second kappa shape index (κ2) is 8.19. The van der Waals surface area contributed by atoms with Gasteiger partial charge in [-0.25, -0.2) is 4.68 Å². The van der Waals surface area contributed by atoms with Gasteiger partial charge in [-0.05, 0) is 50.2 Å². The van der Waals surface area contributed by atoms with Crippen molar-refractivity contribution in [3.63, 3.8) is 0 Å². The first-order valence-electron chi connectivity index (χ1n) is 8.30. The Kier molecular flexibility index (Phi) is 5.73. The van der Waals surface area contributed by atoms with Gasteiger partial charge in [0.05, 0.1) is 11.4 Å². The third-order valence-electron chi connectivity index (χ3n) is 4.09. The van der Waals surface area contributed by atoms with E-state index in [2.05, 4.69) is 26.3 Å². The molecule has 0 bridgehead atoms. The summed E-state index contributed by atoms with van der Waals surface area (Å²) in [6, 6.07) is 17.3. The predicted octanol–water partition coefficient (Wildman–Crippen LogP) is 3.95. The van der Waals surface area contributed by atoms with Gasteiger partial charge >= 0.3 is 0 Å². The van der Waals surface area contributed by atoms with Gasteiger partial charge in [0.15, 0.2) is 6.61 Å². The summed E-state index contributed by atoms with van der Waals surface area (Å²) < 4.78 is 8.36. The summed E-state index contributed by atoms with van der Waals surface area (Å²) in [6.45, 7) is 4.36. The first kappa shape index (κ1) is 18.2. The molecule has 0 aliphatic carbocycles. The molecule has 2 aromatic carbocycles. The molecule has 0 radical (unpaired) electrons. The van der Waals surface area contributed by atoms with Crippen LogP contribution in [0.2, 0.25) is 0 Å². The van der Waals surface area contributed by atoms with E-state index < -0.39 is 0 Å². The number of hydrogen-bond acceptors (Lipinski definition) is 3. The lowest BCUT2D eigenvalue weighted by Crippen LogP contribution is -2.28. The molecule has 1 N–H and O–H groups in total. The van der Waals surface area contributed by atoms with Gasteiger partial charge in [0.25, 0.3) is 5.91 Å². The molecule has 0 saturated carbocycles. The Bertz CT molecular complexity index is 889. The van der Waals surface area contributed by atoms with Crippen molar-refractivity contribution in [3.8, 4) is 11.4 Å². The average molecular weight is 414 g/mol. The van der Waals surface area contributed by atoms with Crippen molar-refractivity contribution < 1.29 is 9.53 Å². The summed E-state index contributed by atoms with van der Waals surface area (Å²) in [5.41, 5.74) is 3.94. The number of nitrogens with zero attached hydrogens (tertiary/aromatic N) is 2. The van der Waals surface area contributed by atoms with E-state index in [1.165, 1.54) is 0 Å². The summed E-state index contributed by atoms with van der Waals surface area (Å²) in [5.74, 6) is 0.492. The maximum Gasteiger partial charge on any atom is 0.258 e. The lowest BCUT2D eigenvalue weighted by atomic mass is 10.2. The molecular weight excluding hydrogens is 394 g/mol. The van der Waals surface area contributed by atoms with Gasteiger partial charge < -0.3 is 10.1 Å². The fraction of sp³-hybridized carbons (Fsp3) is 0.200. The van der Waals surface area contributed by atoms with E-state index in [9.17, 15) is 4.79 Å². The number of aromatic nitrogens is 2. The van der Waals surface area contributed by atoms with Crippen LogP contribution in [0.3, 0.4) is 0 Å². The molecule has 6 heteroatoms.